The van der Waals surface area contributed by atoms with Crippen LogP contribution in [0.4, 0.5) is 4.39 Å². The molecule has 4 aromatic rings. The first-order valence-corrected chi connectivity index (χ1v) is 11.2. The quantitative estimate of drug-likeness (QED) is 0.419. The number of methoxy groups -OCH3 is 1. The topological polar surface area (TPSA) is 100 Å². The summed E-state index contributed by atoms with van der Waals surface area (Å²) < 4.78 is 23.0. The molecule has 182 valence electrons. The Bertz CT molecular complexity index is 1490. The van der Waals surface area contributed by atoms with Crippen LogP contribution in [-0.4, -0.2) is 31.7 Å². The van der Waals surface area contributed by atoms with Crippen molar-refractivity contribution in [2.45, 2.75) is 39.5 Å². The third kappa shape index (κ3) is 4.72. The summed E-state index contributed by atoms with van der Waals surface area (Å²) in [6.07, 6.45) is 1.51. The molecule has 4 rings (SSSR count). The zero-order valence-corrected chi connectivity index (χ0v) is 19.7. The molecule has 35 heavy (non-hydrogen) atoms. The number of benzene rings is 2. The van der Waals surface area contributed by atoms with Crippen LogP contribution in [-0.2, 0) is 24.4 Å². The average Bonchev–Trinajstić information content (AvgIpc) is 3.29. The molecule has 1 atom stereocenters. The van der Waals surface area contributed by atoms with Crippen LogP contribution in [0.5, 0.6) is 5.75 Å². The minimum Gasteiger partial charge on any atom is -0.494 e. The van der Waals surface area contributed by atoms with Crippen molar-refractivity contribution in [2.24, 2.45) is 0 Å². The number of carbonyl (C=O) groups excluding carboxylic acids is 1. The largest absolute Gasteiger partial charge is 0.494 e. The van der Waals surface area contributed by atoms with Gasteiger partial charge >= 0.3 is 5.69 Å². The molecule has 9 nitrogen and oxygen atoms in total. The van der Waals surface area contributed by atoms with Gasteiger partial charge in [-0.2, -0.15) is 0 Å². The highest BCUT2D eigenvalue weighted by Crippen LogP contribution is 2.21. The lowest BCUT2D eigenvalue weighted by Crippen LogP contribution is -2.44. The Hall–Kier alpha value is -4.21. The summed E-state index contributed by atoms with van der Waals surface area (Å²) in [7, 11) is 1.37. The lowest BCUT2D eigenvalue weighted by atomic mass is 10.1. The van der Waals surface area contributed by atoms with Crippen LogP contribution in [0.15, 0.2) is 64.4 Å². The van der Waals surface area contributed by atoms with Crippen molar-refractivity contribution >= 4 is 17.1 Å². The first kappa shape index (κ1) is 23.9. The van der Waals surface area contributed by atoms with Gasteiger partial charge in [-0.15, -0.1) is 0 Å². The Morgan fingerprint density at radius 2 is 1.89 bits per heavy atom. The van der Waals surface area contributed by atoms with Crippen molar-refractivity contribution < 1.29 is 13.9 Å². The van der Waals surface area contributed by atoms with Gasteiger partial charge in [0, 0.05) is 6.54 Å². The molecule has 1 amide bonds. The third-order valence-electron chi connectivity index (χ3n) is 5.86. The highest BCUT2D eigenvalue weighted by atomic mass is 19.1. The summed E-state index contributed by atoms with van der Waals surface area (Å²) in [6.45, 7) is 3.73. The van der Waals surface area contributed by atoms with Crippen molar-refractivity contribution in [3.63, 3.8) is 0 Å². The van der Waals surface area contributed by atoms with Gasteiger partial charge in [0.15, 0.2) is 22.7 Å². The van der Waals surface area contributed by atoms with Crippen molar-refractivity contribution in [3.05, 3.63) is 92.6 Å². The molecule has 0 spiro atoms. The normalized spacial score (nSPS) is 12.0. The lowest BCUT2D eigenvalue weighted by Gasteiger charge is -2.16. The second kappa shape index (κ2) is 9.96. The number of ether oxygens (including phenoxy) is 1. The molecule has 10 heteroatoms. The molecule has 2 aromatic carbocycles. The fraction of sp³-hybridized carbons (Fsp3) is 0.280. The molecule has 0 unspecified atom stereocenters. The fourth-order valence-corrected chi connectivity index (χ4v) is 3.99. The molecular formula is C25H26FN5O4. The maximum atomic E-state index is 14.1. The Kier molecular flexibility index (Phi) is 6.81. The van der Waals surface area contributed by atoms with E-state index in [0.29, 0.717) is 12.1 Å². The van der Waals surface area contributed by atoms with E-state index < -0.39 is 35.6 Å². The number of rotatable bonds is 8. The number of aromatic nitrogens is 4. The predicted octanol–water partition coefficient (Wildman–Crippen LogP) is 2.45. The molecule has 0 bridgehead atoms. The van der Waals surface area contributed by atoms with Gasteiger partial charge in [-0.25, -0.2) is 18.7 Å². The SMILES string of the molecule is CCn1cnc2c1c(=O)n(CC(=O)N[C@H](C)c1ccc(OC)c(F)c1)c(=O)n2Cc1ccccc1. The van der Waals surface area contributed by atoms with Crippen molar-refractivity contribution in [3.8, 4) is 5.75 Å². The molecule has 0 fully saturated rings. The van der Waals surface area contributed by atoms with Crippen LogP contribution >= 0.6 is 0 Å². The Morgan fingerprint density at radius 3 is 2.54 bits per heavy atom. The maximum absolute atomic E-state index is 14.1. The van der Waals surface area contributed by atoms with Crippen LogP contribution in [0.1, 0.15) is 31.0 Å². The molecule has 0 aliphatic carbocycles. The van der Waals surface area contributed by atoms with E-state index >= 15 is 0 Å². The van der Waals surface area contributed by atoms with E-state index in [0.717, 1.165) is 10.1 Å². The molecule has 2 heterocycles. The van der Waals surface area contributed by atoms with Gasteiger partial charge in [0.25, 0.3) is 5.56 Å². The van der Waals surface area contributed by atoms with Crippen LogP contribution in [0.2, 0.25) is 0 Å². The van der Waals surface area contributed by atoms with Crippen molar-refractivity contribution in [1.82, 2.24) is 24.0 Å². The molecule has 0 saturated heterocycles. The van der Waals surface area contributed by atoms with Gasteiger partial charge in [0.1, 0.15) is 6.54 Å². The molecule has 1 N–H and O–H groups in total. The average molecular weight is 480 g/mol. The van der Waals surface area contributed by atoms with E-state index in [1.807, 2.05) is 37.3 Å². The number of carbonyl (C=O) groups is 1. The molecule has 0 saturated carbocycles. The number of hydrogen-bond acceptors (Lipinski definition) is 5. The first-order chi connectivity index (χ1) is 16.8. The summed E-state index contributed by atoms with van der Waals surface area (Å²) in [5, 5.41) is 2.73. The summed E-state index contributed by atoms with van der Waals surface area (Å²) in [4.78, 5) is 43.7. The standard InChI is InChI=1S/C25H26FN5O4/c1-4-29-15-27-23-22(29)24(33)31(25(34)30(23)13-17-8-6-5-7-9-17)14-21(32)28-16(2)18-10-11-20(35-3)19(26)12-18/h5-12,15-16H,4,13-14H2,1-3H3,(H,28,32)/t16-/m1/s1. The zero-order valence-electron chi connectivity index (χ0n) is 19.7. The van der Waals surface area contributed by atoms with Crippen molar-refractivity contribution in [2.75, 3.05) is 7.11 Å². The van der Waals surface area contributed by atoms with Gasteiger partial charge < -0.3 is 14.6 Å². The third-order valence-corrected chi connectivity index (χ3v) is 5.86. The van der Waals surface area contributed by atoms with Gasteiger partial charge in [-0.1, -0.05) is 36.4 Å². The number of nitrogens with zero attached hydrogens (tertiary/aromatic N) is 4. The van der Waals surface area contributed by atoms with E-state index in [1.54, 1.807) is 17.6 Å². The summed E-state index contributed by atoms with van der Waals surface area (Å²) in [5.41, 5.74) is 0.667. The zero-order chi connectivity index (χ0) is 25.1. The molecule has 0 aliphatic heterocycles. The maximum Gasteiger partial charge on any atom is 0.333 e. The van der Waals surface area contributed by atoms with Crippen LogP contribution in [0.3, 0.4) is 0 Å². The van der Waals surface area contributed by atoms with Gasteiger partial charge in [-0.05, 0) is 37.1 Å². The highest BCUT2D eigenvalue weighted by Gasteiger charge is 2.20. The smallest absolute Gasteiger partial charge is 0.333 e. The van der Waals surface area contributed by atoms with Crippen molar-refractivity contribution in [1.29, 1.82) is 0 Å². The van der Waals surface area contributed by atoms with Gasteiger partial charge in [0.05, 0.1) is 26.0 Å². The summed E-state index contributed by atoms with van der Waals surface area (Å²) in [5.74, 6) is -1.01. The summed E-state index contributed by atoms with van der Waals surface area (Å²) in [6, 6.07) is 13.1. The fourth-order valence-electron chi connectivity index (χ4n) is 3.99. The lowest BCUT2D eigenvalue weighted by molar-refractivity contribution is -0.122. The van der Waals surface area contributed by atoms with E-state index in [2.05, 4.69) is 10.3 Å². The molecule has 0 radical (unpaired) electrons. The Labute approximate surface area is 200 Å². The van der Waals surface area contributed by atoms with E-state index in [4.69, 9.17) is 4.74 Å². The second-order valence-electron chi connectivity index (χ2n) is 8.13. The number of fused-ring (bicyclic) bond motifs is 1. The molecule has 2 aromatic heterocycles. The van der Waals surface area contributed by atoms with E-state index in [9.17, 15) is 18.8 Å². The van der Waals surface area contributed by atoms with Gasteiger partial charge in [0.2, 0.25) is 5.91 Å². The Morgan fingerprint density at radius 1 is 1.14 bits per heavy atom. The molecule has 0 aliphatic rings. The summed E-state index contributed by atoms with van der Waals surface area (Å²) >= 11 is 0. The minimum absolute atomic E-state index is 0.0960. The monoisotopic (exact) mass is 479 g/mol. The second-order valence-corrected chi connectivity index (χ2v) is 8.13. The van der Waals surface area contributed by atoms with Gasteiger partial charge in [-0.3, -0.25) is 14.2 Å². The van der Waals surface area contributed by atoms with Crippen LogP contribution in [0, 0.1) is 5.82 Å². The number of halogens is 1. The van der Waals surface area contributed by atoms with Crippen LogP contribution < -0.4 is 21.3 Å². The number of nitrogens with one attached hydrogen (secondary N) is 1. The molecular weight excluding hydrogens is 453 g/mol. The number of hydrogen-bond donors (Lipinski definition) is 1. The Balaban J connectivity index is 1.68. The number of amides is 1. The first-order valence-electron chi connectivity index (χ1n) is 11.2. The van der Waals surface area contributed by atoms with Crippen LogP contribution in [0.25, 0.3) is 11.2 Å². The van der Waals surface area contributed by atoms with E-state index in [-0.39, 0.29) is 23.5 Å². The number of aryl methyl sites for hydroxylation is 1. The number of imidazole rings is 1. The van der Waals surface area contributed by atoms with E-state index in [1.165, 1.54) is 30.1 Å². The predicted molar refractivity (Wildman–Crippen MR) is 129 cm³/mol. The minimum atomic E-state index is -0.633. The highest BCUT2D eigenvalue weighted by molar-refractivity contribution is 5.77.